The lowest BCUT2D eigenvalue weighted by Crippen LogP contribution is -2.65. The Morgan fingerprint density at radius 2 is 1.71 bits per heavy atom. The maximum Gasteiger partial charge on any atom is 0.420 e. The molecule has 1 atom stereocenters. The lowest BCUT2D eigenvalue weighted by atomic mass is 9.98. The van der Waals surface area contributed by atoms with Gasteiger partial charge < -0.3 is 20.5 Å². The molecule has 0 aliphatic carbocycles. The largest absolute Gasteiger partial charge is 0.420 e. The molecule has 35 heavy (non-hydrogen) atoms. The lowest BCUT2D eigenvalue weighted by Gasteiger charge is -2.30. The van der Waals surface area contributed by atoms with Crippen LogP contribution in [0.2, 0.25) is 0 Å². The summed E-state index contributed by atoms with van der Waals surface area (Å²) in [6, 6.07) is 2.69. The lowest BCUT2D eigenvalue weighted by molar-refractivity contribution is -0.196. The summed E-state index contributed by atoms with van der Waals surface area (Å²) in [5, 5.41) is 5.66. The van der Waals surface area contributed by atoms with E-state index in [1.54, 1.807) is 5.32 Å². The highest BCUT2D eigenvalue weighted by molar-refractivity contribution is 6.44. The monoisotopic (exact) mass is 500 g/mol. The number of carbonyl (C=O) groups excluding carboxylic acids is 4. The van der Waals surface area contributed by atoms with Crippen LogP contribution in [0.3, 0.4) is 0 Å². The Hall–Kier alpha value is -3.77. The SMILES string of the molecule is CNC(=O)C(C)(NC(=O)C(=O)c1c(C)c(C(=O)Nc2ccc(F)c(F)c2)n2c1CCC2)C(F)(F)F. The van der Waals surface area contributed by atoms with E-state index < -0.39 is 46.9 Å². The van der Waals surface area contributed by atoms with E-state index in [0.29, 0.717) is 13.3 Å². The van der Waals surface area contributed by atoms with Gasteiger partial charge in [0.05, 0.1) is 5.56 Å². The molecule has 1 unspecified atom stereocenters. The van der Waals surface area contributed by atoms with Crippen molar-refractivity contribution in [3.05, 3.63) is 52.3 Å². The van der Waals surface area contributed by atoms with E-state index in [4.69, 9.17) is 0 Å². The predicted molar refractivity (Wildman–Crippen MR) is 113 cm³/mol. The molecule has 3 rings (SSSR count). The molecule has 2 heterocycles. The van der Waals surface area contributed by atoms with Gasteiger partial charge in [0.1, 0.15) is 5.69 Å². The molecule has 8 nitrogen and oxygen atoms in total. The third kappa shape index (κ3) is 4.49. The molecule has 3 amide bonds. The summed E-state index contributed by atoms with van der Waals surface area (Å²) in [6.45, 7) is 2.05. The molecule has 0 saturated carbocycles. The Morgan fingerprint density at radius 1 is 1.06 bits per heavy atom. The summed E-state index contributed by atoms with van der Waals surface area (Å²) in [5.74, 6) is -7.71. The van der Waals surface area contributed by atoms with Crippen molar-refractivity contribution in [2.75, 3.05) is 12.4 Å². The smallest absolute Gasteiger partial charge is 0.357 e. The fourth-order valence-electron chi connectivity index (χ4n) is 3.98. The van der Waals surface area contributed by atoms with E-state index in [1.807, 2.05) is 0 Å². The molecular formula is C22H21F5N4O4. The number of halogens is 5. The Labute approximate surface area is 195 Å². The zero-order valence-corrected chi connectivity index (χ0v) is 18.8. The standard InChI is InChI=1S/C22H21F5N4O4/c1-10-15(17(32)19(34)30-21(2,20(35)28-3)22(25,26)27)14-5-4-8-31(14)16(10)18(33)29-11-6-7-12(23)13(24)9-11/h6-7,9H,4-5,8H2,1-3H3,(H,28,35)(H,29,33)(H,30,34). The van der Waals surface area contributed by atoms with Crippen molar-refractivity contribution in [1.29, 1.82) is 0 Å². The van der Waals surface area contributed by atoms with Crippen LogP contribution in [0, 0.1) is 18.6 Å². The number of carbonyl (C=O) groups is 4. The fraction of sp³-hybridized carbons (Fsp3) is 0.364. The number of benzene rings is 1. The van der Waals surface area contributed by atoms with E-state index in [0.717, 1.165) is 25.2 Å². The molecule has 0 bridgehead atoms. The quantitative estimate of drug-likeness (QED) is 0.322. The van der Waals surface area contributed by atoms with Crippen LogP contribution in [0.5, 0.6) is 0 Å². The molecule has 3 N–H and O–H groups in total. The van der Waals surface area contributed by atoms with Gasteiger partial charge in [0.2, 0.25) is 5.54 Å². The van der Waals surface area contributed by atoms with Crippen molar-refractivity contribution in [3.8, 4) is 0 Å². The molecule has 0 saturated heterocycles. The van der Waals surface area contributed by atoms with Crippen LogP contribution in [0.15, 0.2) is 18.2 Å². The number of anilines is 1. The second-order valence-electron chi connectivity index (χ2n) is 8.12. The summed E-state index contributed by atoms with van der Waals surface area (Å²) < 4.78 is 68.8. The maximum absolute atomic E-state index is 13.5. The third-order valence-electron chi connectivity index (χ3n) is 5.85. The van der Waals surface area contributed by atoms with Gasteiger partial charge >= 0.3 is 6.18 Å². The minimum Gasteiger partial charge on any atom is -0.357 e. The number of fused-ring (bicyclic) bond motifs is 1. The van der Waals surface area contributed by atoms with E-state index >= 15 is 0 Å². The van der Waals surface area contributed by atoms with Crippen LogP contribution in [-0.4, -0.2) is 46.8 Å². The van der Waals surface area contributed by atoms with E-state index in [2.05, 4.69) is 5.32 Å². The van der Waals surface area contributed by atoms with Crippen molar-refractivity contribution >= 4 is 29.2 Å². The summed E-state index contributed by atoms with van der Waals surface area (Å²) in [6.07, 6.45) is -4.46. The minimum absolute atomic E-state index is 0.0218. The van der Waals surface area contributed by atoms with Crippen LogP contribution in [0.1, 0.15) is 45.4 Å². The van der Waals surface area contributed by atoms with Crippen molar-refractivity contribution in [2.45, 2.75) is 44.9 Å². The molecule has 1 aromatic heterocycles. The highest BCUT2D eigenvalue weighted by atomic mass is 19.4. The number of alkyl halides is 3. The first kappa shape index (κ1) is 25.8. The number of hydrogen-bond donors (Lipinski definition) is 3. The number of aromatic nitrogens is 1. The normalized spacial score (nSPS) is 14.6. The summed E-state index contributed by atoms with van der Waals surface area (Å²) in [4.78, 5) is 50.4. The van der Waals surface area contributed by atoms with Gasteiger partial charge in [-0.05, 0) is 44.4 Å². The number of nitrogens with one attached hydrogen (secondary N) is 3. The average Bonchev–Trinajstić information content (AvgIpc) is 3.33. The van der Waals surface area contributed by atoms with Crippen LogP contribution in [0.25, 0.3) is 0 Å². The van der Waals surface area contributed by atoms with Crippen molar-refractivity contribution in [1.82, 2.24) is 15.2 Å². The van der Waals surface area contributed by atoms with Gasteiger partial charge in [-0.1, -0.05) is 0 Å². The Bertz CT molecular complexity index is 1240. The zero-order chi connectivity index (χ0) is 26.3. The van der Waals surface area contributed by atoms with E-state index in [1.165, 1.54) is 16.8 Å². The van der Waals surface area contributed by atoms with Crippen molar-refractivity contribution in [2.24, 2.45) is 0 Å². The summed E-state index contributed by atoms with van der Waals surface area (Å²) in [5.41, 5.74) is -3.46. The van der Waals surface area contributed by atoms with Crippen LogP contribution in [-0.2, 0) is 22.6 Å². The third-order valence-corrected chi connectivity index (χ3v) is 5.85. The molecule has 0 spiro atoms. The minimum atomic E-state index is -5.21. The van der Waals surface area contributed by atoms with Crippen LogP contribution >= 0.6 is 0 Å². The first-order valence-corrected chi connectivity index (χ1v) is 10.4. The highest BCUT2D eigenvalue weighted by Crippen LogP contribution is 2.32. The summed E-state index contributed by atoms with van der Waals surface area (Å²) >= 11 is 0. The first-order valence-electron chi connectivity index (χ1n) is 10.4. The number of Topliss-reactive ketones (excluding diaryl/α,β-unsaturated/α-hetero) is 1. The van der Waals surface area contributed by atoms with Gasteiger partial charge in [-0.3, -0.25) is 19.2 Å². The molecular weight excluding hydrogens is 479 g/mol. The molecule has 0 fully saturated rings. The molecule has 13 heteroatoms. The van der Waals surface area contributed by atoms with Crippen molar-refractivity contribution in [3.63, 3.8) is 0 Å². The van der Waals surface area contributed by atoms with Gasteiger partial charge in [-0.2, -0.15) is 13.2 Å². The molecule has 188 valence electrons. The number of likely N-dealkylation sites (N-methyl/N-ethyl adjacent to an activating group) is 1. The van der Waals surface area contributed by atoms with Crippen LogP contribution < -0.4 is 16.0 Å². The Kier molecular flexibility index (Phi) is 6.73. The number of nitrogens with zero attached hydrogens (tertiary/aromatic N) is 1. The van der Waals surface area contributed by atoms with Crippen LogP contribution in [0.4, 0.5) is 27.6 Å². The Balaban J connectivity index is 1.96. The number of rotatable bonds is 6. The number of ketones is 1. The topological polar surface area (TPSA) is 109 Å². The predicted octanol–water partition coefficient (Wildman–Crippen LogP) is 2.64. The Morgan fingerprint density at radius 3 is 2.29 bits per heavy atom. The highest BCUT2D eigenvalue weighted by Gasteiger charge is 2.58. The van der Waals surface area contributed by atoms with Gasteiger partial charge in [0.15, 0.2) is 11.6 Å². The molecule has 1 aromatic carbocycles. The molecule has 1 aliphatic heterocycles. The molecule has 2 aromatic rings. The van der Waals surface area contributed by atoms with Crippen molar-refractivity contribution < 1.29 is 41.1 Å². The van der Waals surface area contributed by atoms with Gasteiger partial charge in [0.25, 0.3) is 23.5 Å². The maximum atomic E-state index is 13.5. The zero-order valence-electron chi connectivity index (χ0n) is 18.8. The summed E-state index contributed by atoms with van der Waals surface area (Å²) in [7, 11) is 0.947. The van der Waals surface area contributed by atoms with Gasteiger partial charge in [-0.15, -0.1) is 0 Å². The molecule has 0 radical (unpaired) electrons. The second kappa shape index (κ2) is 9.12. The first-order chi connectivity index (χ1) is 16.2. The van der Waals surface area contributed by atoms with E-state index in [-0.39, 0.29) is 41.2 Å². The van der Waals surface area contributed by atoms with Gasteiger partial charge in [0, 0.05) is 31.0 Å². The van der Waals surface area contributed by atoms with Gasteiger partial charge in [-0.25, -0.2) is 8.78 Å². The van der Waals surface area contributed by atoms with E-state index in [9.17, 15) is 41.1 Å². The number of amides is 3. The number of hydrogen-bond acceptors (Lipinski definition) is 4. The average molecular weight is 500 g/mol. The fourth-order valence-corrected chi connectivity index (χ4v) is 3.98. The second-order valence-corrected chi connectivity index (χ2v) is 8.12. The molecule has 1 aliphatic rings.